The van der Waals surface area contributed by atoms with E-state index in [-0.39, 0.29) is 18.4 Å². The highest BCUT2D eigenvalue weighted by atomic mass is 32.1. The standard InChI is InChI=1S/C16H21N3O2S/c1-11(2)15(21)18-5-7-19(8-6-18)16-17-13-4-3-12(10-20)9-14(13)22-16/h3-4,9,11,20H,5-8,10H2,1-2H3. The summed E-state index contributed by atoms with van der Waals surface area (Å²) in [6.45, 7) is 7.11. The number of carbonyl (C=O) groups excluding carboxylic acids is 1. The molecule has 2 aromatic rings. The second-order valence-corrected chi connectivity index (χ2v) is 6.93. The number of aliphatic hydroxyl groups is 1. The van der Waals surface area contributed by atoms with Gasteiger partial charge in [-0.25, -0.2) is 4.98 Å². The zero-order valence-corrected chi connectivity index (χ0v) is 13.8. The maximum absolute atomic E-state index is 12.0. The molecule has 1 aliphatic rings. The number of thiazole rings is 1. The summed E-state index contributed by atoms with van der Waals surface area (Å²) in [5, 5.41) is 10.2. The zero-order valence-electron chi connectivity index (χ0n) is 13.0. The molecule has 118 valence electrons. The Labute approximate surface area is 134 Å². The second kappa shape index (κ2) is 6.22. The summed E-state index contributed by atoms with van der Waals surface area (Å²) < 4.78 is 1.10. The van der Waals surface area contributed by atoms with E-state index in [2.05, 4.69) is 9.88 Å². The Hall–Kier alpha value is -1.66. The van der Waals surface area contributed by atoms with Crippen molar-refractivity contribution < 1.29 is 9.90 Å². The normalized spacial score (nSPS) is 15.8. The van der Waals surface area contributed by atoms with Gasteiger partial charge in [0.15, 0.2) is 5.13 Å². The molecule has 0 saturated carbocycles. The number of nitrogens with zero attached hydrogens (tertiary/aromatic N) is 3. The van der Waals surface area contributed by atoms with Crippen LogP contribution in [0.3, 0.4) is 0 Å². The van der Waals surface area contributed by atoms with Crippen LogP contribution in [0.1, 0.15) is 19.4 Å². The minimum absolute atomic E-state index is 0.0547. The molecule has 1 saturated heterocycles. The smallest absolute Gasteiger partial charge is 0.225 e. The molecular formula is C16H21N3O2S. The van der Waals surface area contributed by atoms with E-state index in [0.29, 0.717) is 0 Å². The highest BCUT2D eigenvalue weighted by molar-refractivity contribution is 7.22. The molecule has 1 amide bonds. The van der Waals surface area contributed by atoms with Crippen molar-refractivity contribution in [3.63, 3.8) is 0 Å². The minimum Gasteiger partial charge on any atom is -0.392 e. The molecule has 0 aliphatic carbocycles. The molecule has 22 heavy (non-hydrogen) atoms. The number of carbonyl (C=O) groups is 1. The molecule has 0 unspecified atom stereocenters. The number of benzene rings is 1. The van der Waals surface area contributed by atoms with Gasteiger partial charge in [0.1, 0.15) is 0 Å². The molecule has 1 fully saturated rings. The molecule has 1 aromatic heterocycles. The summed E-state index contributed by atoms with van der Waals surface area (Å²) in [4.78, 5) is 20.9. The first-order valence-corrected chi connectivity index (χ1v) is 8.44. The van der Waals surface area contributed by atoms with Crippen LogP contribution in [0.15, 0.2) is 18.2 Å². The summed E-state index contributed by atoms with van der Waals surface area (Å²) >= 11 is 1.65. The SMILES string of the molecule is CC(C)C(=O)N1CCN(c2nc3ccc(CO)cc3s2)CC1. The van der Waals surface area contributed by atoms with Gasteiger partial charge in [-0.1, -0.05) is 31.3 Å². The van der Waals surface area contributed by atoms with Crippen LogP contribution in [0.2, 0.25) is 0 Å². The van der Waals surface area contributed by atoms with Gasteiger partial charge in [0, 0.05) is 32.1 Å². The van der Waals surface area contributed by atoms with Gasteiger partial charge in [0.25, 0.3) is 0 Å². The highest BCUT2D eigenvalue weighted by Gasteiger charge is 2.24. The van der Waals surface area contributed by atoms with Crippen molar-refractivity contribution in [2.45, 2.75) is 20.5 Å². The summed E-state index contributed by atoms with van der Waals surface area (Å²) in [6, 6.07) is 5.86. The van der Waals surface area contributed by atoms with Gasteiger partial charge < -0.3 is 14.9 Å². The minimum atomic E-state index is 0.0547. The van der Waals surface area contributed by atoms with Crippen LogP contribution in [-0.2, 0) is 11.4 Å². The van der Waals surface area contributed by atoms with Gasteiger partial charge in [-0.05, 0) is 17.7 Å². The van der Waals surface area contributed by atoms with Crippen molar-refractivity contribution in [2.24, 2.45) is 5.92 Å². The van der Waals surface area contributed by atoms with Gasteiger partial charge in [0.05, 0.1) is 16.8 Å². The van der Waals surface area contributed by atoms with E-state index in [0.717, 1.165) is 47.1 Å². The van der Waals surface area contributed by atoms with Crippen molar-refractivity contribution in [3.8, 4) is 0 Å². The highest BCUT2D eigenvalue weighted by Crippen LogP contribution is 2.30. The first kappa shape index (κ1) is 15.2. The van der Waals surface area contributed by atoms with Crippen LogP contribution in [0.5, 0.6) is 0 Å². The fraction of sp³-hybridized carbons (Fsp3) is 0.500. The molecule has 0 radical (unpaired) electrons. The van der Waals surface area contributed by atoms with E-state index >= 15 is 0 Å². The van der Waals surface area contributed by atoms with Crippen molar-refractivity contribution in [1.82, 2.24) is 9.88 Å². The lowest BCUT2D eigenvalue weighted by Gasteiger charge is -2.35. The third-order valence-electron chi connectivity index (χ3n) is 3.98. The van der Waals surface area contributed by atoms with Gasteiger partial charge in [-0.3, -0.25) is 4.79 Å². The van der Waals surface area contributed by atoms with Crippen LogP contribution in [0, 0.1) is 5.92 Å². The van der Waals surface area contributed by atoms with Crippen LogP contribution >= 0.6 is 11.3 Å². The number of anilines is 1. The number of amides is 1. The van der Waals surface area contributed by atoms with Gasteiger partial charge >= 0.3 is 0 Å². The maximum atomic E-state index is 12.0. The predicted octanol–water partition coefficient (Wildman–Crippen LogP) is 2.09. The maximum Gasteiger partial charge on any atom is 0.225 e. The zero-order chi connectivity index (χ0) is 15.7. The van der Waals surface area contributed by atoms with E-state index < -0.39 is 0 Å². The first-order valence-electron chi connectivity index (χ1n) is 7.62. The van der Waals surface area contributed by atoms with Crippen LogP contribution in [-0.4, -0.2) is 47.1 Å². The lowest BCUT2D eigenvalue weighted by Crippen LogP contribution is -2.49. The molecule has 0 bridgehead atoms. The number of aliphatic hydroxyl groups excluding tert-OH is 1. The van der Waals surface area contributed by atoms with Crippen LogP contribution in [0.25, 0.3) is 10.2 Å². The fourth-order valence-corrected chi connectivity index (χ4v) is 3.75. The molecule has 2 heterocycles. The number of rotatable bonds is 3. The van der Waals surface area contributed by atoms with E-state index in [1.165, 1.54) is 0 Å². The molecule has 5 nitrogen and oxygen atoms in total. The summed E-state index contributed by atoms with van der Waals surface area (Å²) in [7, 11) is 0. The Bertz CT molecular complexity index is 675. The van der Waals surface area contributed by atoms with Crippen molar-refractivity contribution in [3.05, 3.63) is 23.8 Å². The molecule has 0 atom stereocenters. The Morgan fingerprint density at radius 2 is 2.05 bits per heavy atom. The van der Waals surface area contributed by atoms with E-state index in [1.807, 2.05) is 36.9 Å². The summed E-state index contributed by atoms with van der Waals surface area (Å²) in [5.41, 5.74) is 1.88. The predicted molar refractivity (Wildman–Crippen MR) is 89.2 cm³/mol. The first-order chi connectivity index (χ1) is 10.6. The Morgan fingerprint density at radius 3 is 2.68 bits per heavy atom. The average molecular weight is 319 g/mol. The molecule has 6 heteroatoms. The lowest BCUT2D eigenvalue weighted by atomic mass is 10.1. The monoisotopic (exact) mass is 319 g/mol. The topological polar surface area (TPSA) is 56.7 Å². The van der Waals surface area contributed by atoms with Crippen molar-refractivity contribution in [2.75, 3.05) is 31.1 Å². The summed E-state index contributed by atoms with van der Waals surface area (Å²) in [5.74, 6) is 0.294. The number of hydrogen-bond acceptors (Lipinski definition) is 5. The Kier molecular flexibility index (Phi) is 4.31. The number of aromatic nitrogens is 1. The quantitative estimate of drug-likeness (QED) is 0.941. The molecule has 1 aromatic carbocycles. The van der Waals surface area contributed by atoms with Crippen molar-refractivity contribution >= 4 is 32.6 Å². The molecular weight excluding hydrogens is 298 g/mol. The largest absolute Gasteiger partial charge is 0.392 e. The summed E-state index contributed by atoms with van der Waals surface area (Å²) in [6.07, 6.45) is 0. The van der Waals surface area contributed by atoms with Gasteiger partial charge in [-0.15, -0.1) is 0 Å². The van der Waals surface area contributed by atoms with Gasteiger partial charge in [-0.2, -0.15) is 0 Å². The Morgan fingerprint density at radius 1 is 1.32 bits per heavy atom. The number of hydrogen-bond donors (Lipinski definition) is 1. The third kappa shape index (κ3) is 2.94. The molecule has 1 aliphatic heterocycles. The van der Waals surface area contributed by atoms with Crippen LogP contribution in [0.4, 0.5) is 5.13 Å². The third-order valence-corrected chi connectivity index (χ3v) is 5.06. The van der Waals surface area contributed by atoms with Gasteiger partial charge in [0.2, 0.25) is 5.91 Å². The van der Waals surface area contributed by atoms with Crippen LogP contribution < -0.4 is 4.90 Å². The molecule has 0 spiro atoms. The average Bonchev–Trinajstić information content (AvgIpc) is 2.97. The van der Waals surface area contributed by atoms with E-state index in [4.69, 9.17) is 0 Å². The fourth-order valence-electron chi connectivity index (χ4n) is 2.67. The van der Waals surface area contributed by atoms with E-state index in [1.54, 1.807) is 11.3 Å². The molecule has 3 rings (SSSR count). The number of piperazine rings is 1. The Balaban J connectivity index is 1.72. The van der Waals surface area contributed by atoms with Crippen molar-refractivity contribution in [1.29, 1.82) is 0 Å². The lowest BCUT2D eigenvalue weighted by molar-refractivity contribution is -0.134. The van der Waals surface area contributed by atoms with E-state index in [9.17, 15) is 9.90 Å². The second-order valence-electron chi connectivity index (χ2n) is 5.92. The molecule has 1 N–H and O–H groups in total. The number of fused-ring (bicyclic) bond motifs is 1.